The number of carboxylic acids is 1. The van der Waals surface area contributed by atoms with Crippen LogP contribution in [0.15, 0.2) is 16.5 Å². The number of hydrogen-bond donors (Lipinski definition) is 1. The predicted molar refractivity (Wildman–Crippen MR) is 71.4 cm³/mol. The summed E-state index contributed by atoms with van der Waals surface area (Å²) in [5.41, 5.74) is 0. The number of carboxylic acid groups (broad SMARTS) is 1. The molecule has 1 aliphatic heterocycles. The zero-order chi connectivity index (χ0) is 14.3. The van der Waals surface area contributed by atoms with Gasteiger partial charge < -0.3 is 14.4 Å². The first-order chi connectivity index (χ1) is 9.58. The maximum atomic E-state index is 12.6. The van der Waals surface area contributed by atoms with Gasteiger partial charge in [0.05, 0.1) is 0 Å². The first kappa shape index (κ1) is 13.2. The molecule has 5 nitrogen and oxygen atoms in total. The van der Waals surface area contributed by atoms with E-state index in [1.807, 2.05) is 0 Å². The van der Waals surface area contributed by atoms with Crippen LogP contribution in [-0.4, -0.2) is 34.0 Å². The minimum atomic E-state index is -0.906. The molecule has 2 aliphatic rings. The maximum absolute atomic E-state index is 12.6. The Hall–Kier alpha value is -1.78. The van der Waals surface area contributed by atoms with Crippen molar-refractivity contribution in [1.82, 2.24) is 4.90 Å². The van der Waals surface area contributed by atoms with Crippen LogP contribution in [-0.2, 0) is 4.79 Å². The minimum absolute atomic E-state index is 0.0581. The van der Waals surface area contributed by atoms with Crippen LogP contribution in [0.3, 0.4) is 0 Å². The summed E-state index contributed by atoms with van der Waals surface area (Å²) in [6.07, 6.45) is 4.70. The van der Waals surface area contributed by atoms with Gasteiger partial charge in [-0.2, -0.15) is 0 Å². The average Bonchev–Trinajstić information content (AvgIpc) is 3.01. The molecule has 3 atom stereocenters. The third-order valence-corrected chi connectivity index (χ3v) is 4.56. The molecule has 0 spiro atoms. The zero-order valence-corrected chi connectivity index (χ0v) is 11.5. The maximum Gasteiger partial charge on any atom is 0.326 e. The van der Waals surface area contributed by atoms with Crippen LogP contribution in [0.1, 0.15) is 48.4 Å². The normalized spacial score (nSPS) is 29.2. The zero-order valence-electron chi connectivity index (χ0n) is 11.5. The molecule has 0 bridgehead atoms. The van der Waals surface area contributed by atoms with Crippen molar-refractivity contribution in [1.29, 1.82) is 0 Å². The number of carbonyl (C=O) groups is 2. The molecule has 1 aromatic heterocycles. The lowest BCUT2D eigenvalue weighted by molar-refractivity contribution is -0.141. The molecule has 2 heterocycles. The summed E-state index contributed by atoms with van der Waals surface area (Å²) in [5.74, 6) is 0.0559. The Morgan fingerprint density at radius 3 is 2.70 bits per heavy atom. The quantitative estimate of drug-likeness (QED) is 0.901. The summed E-state index contributed by atoms with van der Waals surface area (Å²) in [6, 6.07) is 2.72. The molecule has 5 heteroatoms. The summed E-state index contributed by atoms with van der Waals surface area (Å²) < 4.78 is 5.38. The first-order valence-electron chi connectivity index (χ1n) is 7.20. The molecule has 1 aliphatic carbocycles. The Balaban J connectivity index is 1.90. The summed E-state index contributed by atoms with van der Waals surface area (Å²) in [5, 5.41) is 9.41. The van der Waals surface area contributed by atoms with Crippen LogP contribution in [0.25, 0.3) is 0 Å². The third kappa shape index (κ3) is 2.11. The van der Waals surface area contributed by atoms with Crippen molar-refractivity contribution in [3.63, 3.8) is 0 Å². The molecule has 1 saturated carbocycles. The number of hydrogen-bond acceptors (Lipinski definition) is 3. The van der Waals surface area contributed by atoms with Gasteiger partial charge in [0.25, 0.3) is 5.91 Å². The fraction of sp³-hybridized carbons (Fsp3) is 0.600. The standard InChI is InChI=1S/C15H19NO4/c1-9-6-7-13(20-9)14(17)16-11-5-3-2-4-10(11)8-12(16)15(18)19/h6-7,10-12H,2-5,8H2,1H3,(H,18,19). The molecule has 20 heavy (non-hydrogen) atoms. The third-order valence-electron chi connectivity index (χ3n) is 4.56. The molecule has 1 N–H and O–H groups in total. The smallest absolute Gasteiger partial charge is 0.326 e. The number of nitrogens with zero attached hydrogens (tertiary/aromatic N) is 1. The fourth-order valence-electron chi connectivity index (χ4n) is 3.65. The van der Waals surface area contributed by atoms with E-state index in [0.717, 1.165) is 25.7 Å². The Bertz CT molecular complexity index is 536. The molecule has 2 fully saturated rings. The Morgan fingerprint density at radius 2 is 2.05 bits per heavy atom. The van der Waals surface area contributed by atoms with Gasteiger partial charge in [-0.1, -0.05) is 12.8 Å². The second-order valence-corrected chi connectivity index (χ2v) is 5.82. The fourth-order valence-corrected chi connectivity index (χ4v) is 3.65. The number of carbonyl (C=O) groups excluding carboxylic acids is 1. The Kier molecular flexibility index (Phi) is 3.28. The molecule has 1 aromatic rings. The Labute approximate surface area is 117 Å². The van der Waals surface area contributed by atoms with E-state index in [0.29, 0.717) is 18.1 Å². The van der Waals surface area contributed by atoms with Crippen molar-refractivity contribution in [3.8, 4) is 0 Å². The van der Waals surface area contributed by atoms with Crippen molar-refractivity contribution in [3.05, 3.63) is 23.7 Å². The number of aryl methyl sites for hydroxylation is 1. The topological polar surface area (TPSA) is 70.8 Å². The van der Waals surface area contributed by atoms with Crippen LogP contribution < -0.4 is 0 Å². The lowest BCUT2D eigenvalue weighted by atomic mass is 9.84. The minimum Gasteiger partial charge on any atom is -0.480 e. The van der Waals surface area contributed by atoms with Gasteiger partial charge in [-0.3, -0.25) is 4.79 Å². The number of furan rings is 1. The van der Waals surface area contributed by atoms with Crippen molar-refractivity contribution >= 4 is 11.9 Å². The average molecular weight is 277 g/mol. The highest BCUT2D eigenvalue weighted by atomic mass is 16.4. The van der Waals surface area contributed by atoms with Crippen LogP contribution in [0.4, 0.5) is 0 Å². The van der Waals surface area contributed by atoms with E-state index >= 15 is 0 Å². The van der Waals surface area contributed by atoms with Gasteiger partial charge in [-0.05, 0) is 44.2 Å². The highest BCUT2D eigenvalue weighted by Gasteiger charge is 2.48. The van der Waals surface area contributed by atoms with Gasteiger partial charge in [-0.25, -0.2) is 4.79 Å². The molecule has 1 saturated heterocycles. The van der Waals surface area contributed by atoms with Crippen LogP contribution in [0, 0.1) is 12.8 Å². The van der Waals surface area contributed by atoms with Crippen LogP contribution in [0.2, 0.25) is 0 Å². The van der Waals surface area contributed by atoms with Crippen molar-refractivity contribution in [2.24, 2.45) is 5.92 Å². The van der Waals surface area contributed by atoms with E-state index in [9.17, 15) is 14.7 Å². The van der Waals surface area contributed by atoms with Crippen molar-refractivity contribution in [2.75, 3.05) is 0 Å². The Morgan fingerprint density at radius 1 is 1.30 bits per heavy atom. The first-order valence-corrected chi connectivity index (χ1v) is 7.20. The SMILES string of the molecule is Cc1ccc(C(=O)N2C(C(=O)O)CC3CCCCC32)o1. The number of aliphatic carboxylic acids is 1. The van der Waals surface area contributed by atoms with Crippen LogP contribution >= 0.6 is 0 Å². The summed E-state index contributed by atoms with van der Waals surface area (Å²) in [7, 11) is 0. The lowest BCUT2D eigenvalue weighted by Gasteiger charge is -2.32. The molecule has 3 unspecified atom stereocenters. The molecular formula is C15H19NO4. The van der Waals surface area contributed by atoms with E-state index in [1.54, 1.807) is 24.0 Å². The van der Waals surface area contributed by atoms with Crippen molar-refractivity contribution < 1.29 is 19.1 Å². The van der Waals surface area contributed by atoms with Crippen molar-refractivity contribution in [2.45, 2.75) is 51.1 Å². The lowest BCUT2D eigenvalue weighted by Crippen LogP contribution is -2.46. The molecule has 0 aromatic carbocycles. The highest BCUT2D eigenvalue weighted by molar-refractivity contribution is 5.95. The largest absolute Gasteiger partial charge is 0.480 e. The summed E-state index contributed by atoms with van der Waals surface area (Å²) in [6.45, 7) is 1.78. The van der Waals surface area contributed by atoms with Gasteiger partial charge in [-0.15, -0.1) is 0 Å². The molecule has 3 rings (SSSR count). The second kappa shape index (κ2) is 4.96. The van der Waals surface area contributed by atoms with Gasteiger partial charge >= 0.3 is 5.97 Å². The van der Waals surface area contributed by atoms with E-state index in [2.05, 4.69) is 0 Å². The molecular weight excluding hydrogens is 258 g/mol. The predicted octanol–water partition coefficient (Wildman–Crippen LogP) is 2.45. The number of likely N-dealkylation sites (tertiary alicyclic amines) is 1. The molecule has 0 radical (unpaired) electrons. The van der Waals surface area contributed by atoms with E-state index in [4.69, 9.17) is 4.42 Å². The van der Waals surface area contributed by atoms with Crippen LogP contribution in [0.5, 0.6) is 0 Å². The highest BCUT2D eigenvalue weighted by Crippen LogP contribution is 2.40. The monoisotopic (exact) mass is 277 g/mol. The molecule has 1 amide bonds. The van der Waals surface area contributed by atoms with Gasteiger partial charge in [0, 0.05) is 6.04 Å². The number of rotatable bonds is 2. The number of fused-ring (bicyclic) bond motifs is 1. The summed E-state index contributed by atoms with van der Waals surface area (Å²) in [4.78, 5) is 25.6. The number of amides is 1. The van der Waals surface area contributed by atoms with E-state index in [1.165, 1.54) is 0 Å². The molecule has 108 valence electrons. The van der Waals surface area contributed by atoms with E-state index < -0.39 is 12.0 Å². The van der Waals surface area contributed by atoms with Gasteiger partial charge in [0.2, 0.25) is 0 Å². The second-order valence-electron chi connectivity index (χ2n) is 5.82. The van der Waals surface area contributed by atoms with E-state index in [-0.39, 0.29) is 17.7 Å². The van der Waals surface area contributed by atoms with Gasteiger partial charge in [0.1, 0.15) is 11.8 Å². The summed E-state index contributed by atoms with van der Waals surface area (Å²) >= 11 is 0. The van der Waals surface area contributed by atoms with Gasteiger partial charge in [0.15, 0.2) is 5.76 Å².